The summed E-state index contributed by atoms with van der Waals surface area (Å²) in [5.74, 6) is -0.456. The second kappa shape index (κ2) is 10.2. The van der Waals surface area contributed by atoms with Crippen LogP contribution in [0.1, 0.15) is 41.9 Å². The molecule has 1 aliphatic heterocycles. The summed E-state index contributed by atoms with van der Waals surface area (Å²) < 4.78 is 18.6. The number of hydrogen-bond acceptors (Lipinski definition) is 5. The van der Waals surface area contributed by atoms with Crippen LogP contribution >= 0.6 is 11.6 Å². The van der Waals surface area contributed by atoms with Crippen LogP contribution in [-0.4, -0.2) is 52.1 Å². The van der Waals surface area contributed by atoms with Gasteiger partial charge in [0.15, 0.2) is 5.69 Å². The Labute approximate surface area is 201 Å². The average Bonchev–Trinajstić information content (AvgIpc) is 3.34. The lowest BCUT2D eigenvalue weighted by Gasteiger charge is -2.31. The summed E-state index contributed by atoms with van der Waals surface area (Å²) in [5, 5.41) is 10.4. The first kappa shape index (κ1) is 23.7. The number of aromatic amines is 1. The molecule has 1 saturated heterocycles. The quantitative estimate of drug-likeness (QED) is 0.549. The zero-order valence-corrected chi connectivity index (χ0v) is 19.6. The Morgan fingerprint density at radius 2 is 2.03 bits per heavy atom. The Morgan fingerprint density at radius 3 is 2.74 bits per heavy atom. The number of carbonyl (C=O) groups is 2. The number of H-pyrrole nitrogens is 1. The number of benzene rings is 1. The molecule has 0 radical (unpaired) electrons. The third-order valence-electron chi connectivity index (χ3n) is 5.99. The van der Waals surface area contributed by atoms with Gasteiger partial charge in [-0.15, -0.1) is 0 Å². The van der Waals surface area contributed by atoms with E-state index in [2.05, 4.69) is 20.5 Å². The molecule has 0 saturated carbocycles. The zero-order chi connectivity index (χ0) is 24.2. The van der Waals surface area contributed by atoms with Gasteiger partial charge >= 0.3 is 0 Å². The largest absolute Gasteiger partial charge is 0.481 e. The van der Waals surface area contributed by atoms with Crippen molar-refractivity contribution in [1.82, 2.24) is 25.4 Å². The van der Waals surface area contributed by atoms with Crippen molar-refractivity contribution >= 4 is 23.4 Å². The fourth-order valence-corrected chi connectivity index (χ4v) is 4.21. The molecule has 3 heterocycles. The van der Waals surface area contributed by atoms with Crippen LogP contribution in [0.3, 0.4) is 0 Å². The number of amides is 2. The number of halogens is 2. The number of aromatic nitrogens is 3. The van der Waals surface area contributed by atoms with Gasteiger partial charge in [-0.1, -0.05) is 23.7 Å². The summed E-state index contributed by atoms with van der Waals surface area (Å²) in [6, 6.07) is 9.19. The standard InChI is InChI=1S/C24H25ClFN5O3/c1-14(16-4-3-5-17(26)10-16)28-23(32)15-6-8-31(9-7-15)24(33)21-12-20(29-30-21)18-11-22(34-2)27-13-19(18)25/h3-5,10-15H,6-9H2,1-2H3,(H,28,32)(H,29,30)/t14-/m0/s1. The first-order valence-electron chi connectivity index (χ1n) is 11.0. The van der Waals surface area contributed by atoms with Gasteiger partial charge in [0.2, 0.25) is 11.8 Å². The van der Waals surface area contributed by atoms with Crippen LogP contribution < -0.4 is 10.1 Å². The van der Waals surface area contributed by atoms with Crippen molar-refractivity contribution in [2.45, 2.75) is 25.8 Å². The van der Waals surface area contributed by atoms with E-state index >= 15 is 0 Å². The number of likely N-dealkylation sites (tertiary alicyclic amines) is 1. The Morgan fingerprint density at radius 1 is 1.26 bits per heavy atom. The molecule has 1 fully saturated rings. The number of nitrogens with zero attached hydrogens (tertiary/aromatic N) is 3. The summed E-state index contributed by atoms with van der Waals surface area (Å²) in [6.45, 7) is 2.71. The zero-order valence-electron chi connectivity index (χ0n) is 18.8. The highest BCUT2D eigenvalue weighted by Crippen LogP contribution is 2.29. The third-order valence-corrected chi connectivity index (χ3v) is 6.29. The minimum absolute atomic E-state index is 0.0906. The number of piperidine rings is 1. The van der Waals surface area contributed by atoms with Gasteiger partial charge in [-0.3, -0.25) is 14.7 Å². The molecule has 8 nitrogen and oxygen atoms in total. The highest BCUT2D eigenvalue weighted by Gasteiger charge is 2.29. The van der Waals surface area contributed by atoms with E-state index in [4.69, 9.17) is 16.3 Å². The predicted molar refractivity (Wildman–Crippen MR) is 125 cm³/mol. The van der Waals surface area contributed by atoms with Gasteiger partial charge in [0.1, 0.15) is 5.82 Å². The van der Waals surface area contributed by atoms with E-state index in [9.17, 15) is 14.0 Å². The highest BCUT2D eigenvalue weighted by molar-refractivity contribution is 6.33. The monoisotopic (exact) mass is 485 g/mol. The van der Waals surface area contributed by atoms with E-state index in [0.717, 1.165) is 0 Å². The van der Waals surface area contributed by atoms with Crippen molar-refractivity contribution in [3.05, 3.63) is 64.7 Å². The second-order valence-electron chi connectivity index (χ2n) is 8.23. The van der Waals surface area contributed by atoms with Crippen molar-refractivity contribution in [2.75, 3.05) is 20.2 Å². The van der Waals surface area contributed by atoms with Gasteiger partial charge in [0, 0.05) is 30.6 Å². The van der Waals surface area contributed by atoms with Crippen LogP contribution in [0.15, 0.2) is 42.6 Å². The Bertz CT molecular complexity index is 1190. The number of ether oxygens (including phenoxy) is 1. The molecule has 2 amide bonds. The fraction of sp³-hybridized carbons (Fsp3) is 0.333. The van der Waals surface area contributed by atoms with Crippen molar-refractivity contribution in [1.29, 1.82) is 0 Å². The summed E-state index contributed by atoms with van der Waals surface area (Å²) in [5.41, 5.74) is 2.18. The van der Waals surface area contributed by atoms with Gasteiger partial charge in [-0.25, -0.2) is 9.37 Å². The van der Waals surface area contributed by atoms with E-state index in [1.54, 1.807) is 29.2 Å². The normalized spacial score (nSPS) is 15.1. The van der Waals surface area contributed by atoms with E-state index in [0.29, 0.717) is 53.7 Å². The van der Waals surface area contributed by atoms with Gasteiger partial charge < -0.3 is 15.0 Å². The topological polar surface area (TPSA) is 100 Å². The van der Waals surface area contributed by atoms with Crippen LogP contribution in [0.4, 0.5) is 4.39 Å². The maximum Gasteiger partial charge on any atom is 0.274 e. The molecule has 34 heavy (non-hydrogen) atoms. The summed E-state index contributed by atoms with van der Waals surface area (Å²) in [4.78, 5) is 31.4. The van der Waals surface area contributed by atoms with E-state index in [1.807, 2.05) is 6.92 Å². The van der Waals surface area contributed by atoms with E-state index in [-0.39, 0.29) is 35.3 Å². The molecule has 0 spiro atoms. The molecule has 0 unspecified atom stereocenters. The number of methoxy groups -OCH3 is 1. The Hall–Kier alpha value is -3.46. The summed E-state index contributed by atoms with van der Waals surface area (Å²) in [6.07, 6.45) is 2.55. The predicted octanol–water partition coefficient (Wildman–Crippen LogP) is 4.00. The third kappa shape index (κ3) is 5.20. The van der Waals surface area contributed by atoms with Gasteiger partial charge in [-0.2, -0.15) is 5.10 Å². The summed E-state index contributed by atoms with van der Waals surface area (Å²) >= 11 is 6.24. The molecule has 4 rings (SSSR count). The minimum atomic E-state index is -0.336. The molecular weight excluding hydrogens is 461 g/mol. The van der Waals surface area contributed by atoms with Crippen LogP contribution in [-0.2, 0) is 4.79 Å². The van der Waals surface area contributed by atoms with Gasteiger partial charge in [-0.05, 0) is 43.5 Å². The number of rotatable bonds is 6. The van der Waals surface area contributed by atoms with Crippen molar-refractivity contribution in [2.24, 2.45) is 5.92 Å². The van der Waals surface area contributed by atoms with Crippen molar-refractivity contribution in [3.8, 4) is 17.1 Å². The van der Waals surface area contributed by atoms with Crippen LogP contribution in [0.25, 0.3) is 11.3 Å². The number of pyridine rings is 1. The van der Waals surface area contributed by atoms with E-state index in [1.165, 1.54) is 25.4 Å². The molecule has 0 aliphatic carbocycles. The molecule has 1 atom stereocenters. The molecule has 2 N–H and O–H groups in total. The minimum Gasteiger partial charge on any atom is -0.481 e. The lowest BCUT2D eigenvalue weighted by atomic mass is 9.95. The second-order valence-corrected chi connectivity index (χ2v) is 8.63. The molecule has 178 valence electrons. The number of carbonyl (C=O) groups excluding carboxylic acids is 2. The first-order valence-corrected chi connectivity index (χ1v) is 11.3. The van der Waals surface area contributed by atoms with Gasteiger partial charge in [0.05, 0.1) is 30.1 Å². The van der Waals surface area contributed by atoms with E-state index < -0.39 is 0 Å². The van der Waals surface area contributed by atoms with Gasteiger partial charge in [0.25, 0.3) is 5.91 Å². The van der Waals surface area contributed by atoms with Crippen LogP contribution in [0, 0.1) is 11.7 Å². The SMILES string of the molecule is COc1cc(-c2cc(C(=O)N3CCC(C(=O)N[C@@H](C)c4cccc(F)c4)CC3)n[nH]2)c(Cl)cn1. The number of nitrogens with one attached hydrogen (secondary N) is 2. The average molecular weight is 486 g/mol. The maximum absolute atomic E-state index is 13.5. The van der Waals surface area contributed by atoms with Crippen molar-refractivity contribution in [3.63, 3.8) is 0 Å². The molecule has 1 aromatic carbocycles. The molecule has 1 aliphatic rings. The fourth-order valence-electron chi connectivity index (χ4n) is 4.00. The first-order chi connectivity index (χ1) is 16.4. The maximum atomic E-state index is 13.5. The van der Waals surface area contributed by atoms with Crippen molar-refractivity contribution < 1.29 is 18.7 Å². The number of hydrogen-bond donors (Lipinski definition) is 2. The Balaban J connectivity index is 1.35. The molecule has 10 heteroatoms. The lowest BCUT2D eigenvalue weighted by Crippen LogP contribution is -2.43. The molecule has 3 aromatic rings. The lowest BCUT2D eigenvalue weighted by molar-refractivity contribution is -0.127. The molecular formula is C24H25ClFN5O3. The van der Waals surface area contributed by atoms with Crippen LogP contribution in [0.5, 0.6) is 5.88 Å². The summed E-state index contributed by atoms with van der Waals surface area (Å²) in [7, 11) is 1.51. The molecule has 0 bridgehead atoms. The molecule has 2 aromatic heterocycles. The Kier molecular flexibility index (Phi) is 7.12. The smallest absolute Gasteiger partial charge is 0.274 e. The van der Waals surface area contributed by atoms with Crippen LogP contribution in [0.2, 0.25) is 5.02 Å². The highest BCUT2D eigenvalue weighted by atomic mass is 35.5.